The molecule has 1 N–H and O–H groups in total. The van der Waals surface area contributed by atoms with Gasteiger partial charge < -0.3 is 5.11 Å². The van der Waals surface area contributed by atoms with Crippen LogP contribution in [-0.2, 0) is 0 Å². The molecular formula is C5H5F3O. The van der Waals surface area contributed by atoms with E-state index < -0.39 is 11.8 Å². The highest BCUT2D eigenvalue weighted by Gasteiger charge is 2.48. The lowest BCUT2D eigenvalue weighted by molar-refractivity contribution is -0.228. The summed E-state index contributed by atoms with van der Waals surface area (Å²) in [6, 6.07) is 0. The van der Waals surface area contributed by atoms with E-state index in [1.165, 1.54) is 5.92 Å². The molecule has 0 fully saturated rings. The first kappa shape index (κ1) is 8.31. The van der Waals surface area contributed by atoms with E-state index in [1.54, 1.807) is 0 Å². The summed E-state index contributed by atoms with van der Waals surface area (Å²) in [5.74, 6) is 1.21. The van der Waals surface area contributed by atoms with Crippen LogP contribution in [0.5, 0.6) is 0 Å². The summed E-state index contributed by atoms with van der Waals surface area (Å²) in [7, 11) is 0. The molecule has 52 valence electrons. The van der Waals surface area contributed by atoms with Gasteiger partial charge in [0.1, 0.15) is 0 Å². The molecule has 0 aromatic carbocycles. The van der Waals surface area contributed by atoms with E-state index in [0.29, 0.717) is 6.92 Å². The van der Waals surface area contributed by atoms with Gasteiger partial charge in [-0.05, 0) is 6.92 Å². The van der Waals surface area contributed by atoms with Crippen LogP contribution in [0.4, 0.5) is 13.2 Å². The van der Waals surface area contributed by atoms with E-state index in [2.05, 4.69) is 6.42 Å². The third-order valence-electron chi connectivity index (χ3n) is 0.833. The lowest BCUT2D eigenvalue weighted by Gasteiger charge is -2.19. The molecular weight excluding hydrogens is 133 g/mol. The summed E-state index contributed by atoms with van der Waals surface area (Å²) in [5.41, 5.74) is -2.99. The Morgan fingerprint density at radius 3 is 1.78 bits per heavy atom. The van der Waals surface area contributed by atoms with Gasteiger partial charge in [0.05, 0.1) is 0 Å². The molecule has 1 atom stereocenters. The van der Waals surface area contributed by atoms with Gasteiger partial charge in [-0.3, -0.25) is 0 Å². The molecule has 0 aliphatic rings. The fourth-order valence-electron chi connectivity index (χ4n) is 0.0818. The van der Waals surface area contributed by atoms with E-state index in [-0.39, 0.29) is 0 Å². The van der Waals surface area contributed by atoms with Crippen LogP contribution >= 0.6 is 0 Å². The molecule has 0 aliphatic carbocycles. The molecule has 0 aromatic heterocycles. The van der Waals surface area contributed by atoms with E-state index in [9.17, 15) is 13.2 Å². The Hall–Kier alpha value is -0.690. The van der Waals surface area contributed by atoms with Crippen LogP contribution in [0.2, 0.25) is 0 Å². The van der Waals surface area contributed by atoms with Gasteiger partial charge in [0.2, 0.25) is 5.60 Å². The van der Waals surface area contributed by atoms with Crippen LogP contribution in [0, 0.1) is 12.3 Å². The molecule has 4 heteroatoms. The number of rotatable bonds is 0. The number of hydrogen-bond donors (Lipinski definition) is 1. The van der Waals surface area contributed by atoms with Gasteiger partial charge in [0.15, 0.2) is 0 Å². The van der Waals surface area contributed by atoms with Crippen molar-refractivity contribution in [3.05, 3.63) is 0 Å². The molecule has 0 heterocycles. The zero-order valence-electron chi connectivity index (χ0n) is 4.66. The smallest absolute Gasteiger partial charge is 0.370 e. The molecule has 0 saturated carbocycles. The Bertz CT molecular complexity index is 139. The Labute approximate surface area is 50.5 Å². The Morgan fingerprint density at radius 2 is 1.78 bits per heavy atom. The minimum absolute atomic E-state index is 0.521. The van der Waals surface area contributed by atoms with Crippen molar-refractivity contribution in [3.63, 3.8) is 0 Å². The van der Waals surface area contributed by atoms with Gasteiger partial charge in [0, 0.05) is 0 Å². The highest BCUT2D eigenvalue weighted by molar-refractivity contribution is 5.08. The molecule has 1 unspecified atom stereocenters. The first-order valence-corrected chi connectivity index (χ1v) is 2.08. The Kier molecular flexibility index (Phi) is 1.77. The molecule has 9 heavy (non-hydrogen) atoms. The maximum Gasteiger partial charge on any atom is 0.428 e. The number of hydrogen-bond acceptors (Lipinski definition) is 1. The average molecular weight is 138 g/mol. The van der Waals surface area contributed by atoms with Gasteiger partial charge >= 0.3 is 6.18 Å². The topological polar surface area (TPSA) is 20.2 Å². The summed E-state index contributed by atoms with van der Waals surface area (Å²) in [6.07, 6.45) is -0.362. The third-order valence-corrected chi connectivity index (χ3v) is 0.833. The van der Waals surface area contributed by atoms with E-state index in [0.717, 1.165) is 0 Å². The summed E-state index contributed by atoms with van der Waals surface area (Å²) < 4.78 is 34.3. The average Bonchev–Trinajstić information content (AvgIpc) is 1.64. The van der Waals surface area contributed by atoms with Gasteiger partial charge in [-0.1, -0.05) is 5.92 Å². The molecule has 0 rings (SSSR count). The van der Waals surface area contributed by atoms with Crippen molar-refractivity contribution in [2.24, 2.45) is 0 Å². The van der Waals surface area contributed by atoms with Crippen molar-refractivity contribution >= 4 is 0 Å². The highest BCUT2D eigenvalue weighted by Crippen LogP contribution is 2.28. The molecule has 0 radical (unpaired) electrons. The summed E-state index contributed by atoms with van der Waals surface area (Å²) in [5, 5.41) is 8.30. The van der Waals surface area contributed by atoms with Crippen LogP contribution in [0.3, 0.4) is 0 Å². The number of halogens is 3. The second-order valence-electron chi connectivity index (χ2n) is 1.71. The zero-order valence-corrected chi connectivity index (χ0v) is 4.66. The van der Waals surface area contributed by atoms with Crippen molar-refractivity contribution in [1.29, 1.82) is 0 Å². The molecule has 1 nitrogen and oxygen atoms in total. The maximum atomic E-state index is 11.4. The first-order chi connectivity index (χ1) is 3.81. The maximum absolute atomic E-state index is 11.4. The second-order valence-corrected chi connectivity index (χ2v) is 1.71. The van der Waals surface area contributed by atoms with Crippen LogP contribution in [0.1, 0.15) is 6.92 Å². The fourth-order valence-corrected chi connectivity index (χ4v) is 0.0818. The minimum atomic E-state index is -4.73. The first-order valence-electron chi connectivity index (χ1n) is 2.08. The SMILES string of the molecule is C#CC(C)(O)C(F)(F)F. The molecule has 0 amide bonds. The van der Waals surface area contributed by atoms with E-state index in [1.807, 2.05) is 0 Å². The van der Waals surface area contributed by atoms with Crippen LogP contribution in [0.15, 0.2) is 0 Å². The van der Waals surface area contributed by atoms with Crippen molar-refractivity contribution in [2.45, 2.75) is 18.7 Å². The van der Waals surface area contributed by atoms with Crippen LogP contribution in [0.25, 0.3) is 0 Å². The predicted molar refractivity (Wildman–Crippen MR) is 25.5 cm³/mol. The number of terminal acetylenes is 1. The van der Waals surface area contributed by atoms with Crippen molar-refractivity contribution in [3.8, 4) is 12.3 Å². The largest absolute Gasteiger partial charge is 0.428 e. The third kappa shape index (κ3) is 1.61. The molecule has 0 saturated heterocycles. The van der Waals surface area contributed by atoms with Gasteiger partial charge in [0.25, 0.3) is 0 Å². The van der Waals surface area contributed by atoms with E-state index in [4.69, 9.17) is 5.11 Å². The quantitative estimate of drug-likeness (QED) is 0.494. The van der Waals surface area contributed by atoms with Crippen molar-refractivity contribution < 1.29 is 18.3 Å². The van der Waals surface area contributed by atoms with Gasteiger partial charge in [-0.2, -0.15) is 13.2 Å². The lowest BCUT2D eigenvalue weighted by atomic mass is 10.1. The summed E-state index contributed by atoms with van der Waals surface area (Å²) in [6.45, 7) is 0.521. The second kappa shape index (κ2) is 1.92. The van der Waals surface area contributed by atoms with Crippen LogP contribution in [-0.4, -0.2) is 16.9 Å². The molecule has 0 aliphatic heterocycles. The normalized spacial score (nSPS) is 18.2. The lowest BCUT2D eigenvalue weighted by Crippen LogP contribution is -2.40. The monoisotopic (exact) mass is 138 g/mol. The highest BCUT2D eigenvalue weighted by atomic mass is 19.4. The molecule has 0 aromatic rings. The predicted octanol–water partition coefficient (Wildman–Crippen LogP) is 0.933. The molecule has 0 spiro atoms. The molecule has 0 bridgehead atoms. The van der Waals surface area contributed by atoms with Gasteiger partial charge in [-0.25, -0.2) is 0 Å². The number of aliphatic hydroxyl groups is 1. The Balaban J connectivity index is 4.39. The minimum Gasteiger partial charge on any atom is -0.370 e. The van der Waals surface area contributed by atoms with Crippen molar-refractivity contribution in [1.82, 2.24) is 0 Å². The van der Waals surface area contributed by atoms with E-state index >= 15 is 0 Å². The summed E-state index contributed by atoms with van der Waals surface area (Å²) >= 11 is 0. The van der Waals surface area contributed by atoms with Crippen LogP contribution < -0.4 is 0 Å². The van der Waals surface area contributed by atoms with Crippen molar-refractivity contribution in [2.75, 3.05) is 0 Å². The Morgan fingerprint density at radius 1 is 1.44 bits per heavy atom. The standard InChI is InChI=1S/C5H5F3O/c1-3-4(2,9)5(6,7)8/h1,9H,2H3. The number of alkyl halides is 3. The fraction of sp³-hybridized carbons (Fsp3) is 0.600. The summed E-state index contributed by atoms with van der Waals surface area (Å²) in [4.78, 5) is 0. The zero-order chi connectivity index (χ0) is 7.71. The van der Waals surface area contributed by atoms with Gasteiger partial charge in [-0.15, -0.1) is 6.42 Å².